The highest BCUT2D eigenvalue weighted by Crippen LogP contribution is 2.31. The monoisotopic (exact) mass is 463 g/mol. The van der Waals surface area contributed by atoms with Crippen molar-refractivity contribution in [3.8, 4) is 22.6 Å². The van der Waals surface area contributed by atoms with Gasteiger partial charge in [-0.25, -0.2) is 19.3 Å². The number of halogens is 1. The smallest absolute Gasteiger partial charge is 0.228 e. The number of carbonyl (C=O) groups is 1. The first kappa shape index (κ1) is 23.8. The van der Waals surface area contributed by atoms with Crippen molar-refractivity contribution in [2.45, 2.75) is 45.6 Å². The van der Waals surface area contributed by atoms with Crippen LogP contribution < -0.4 is 10.6 Å². The Morgan fingerprint density at radius 1 is 1.18 bits per heavy atom. The molecule has 2 N–H and O–H groups in total. The van der Waals surface area contributed by atoms with Crippen molar-refractivity contribution < 1.29 is 13.9 Å². The van der Waals surface area contributed by atoms with Crippen LogP contribution in [0.5, 0.6) is 0 Å². The van der Waals surface area contributed by atoms with Crippen LogP contribution in [0.4, 0.5) is 15.9 Å². The average Bonchev–Trinajstić information content (AvgIpc) is 3.66. The number of nitrogens with one attached hydrogen (secondary N) is 2. The van der Waals surface area contributed by atoms with Gasteiger partial charge < -0.3 is 15.4 Å². The number of hydrogen-bond donors (Lipinski definition) is 2. The van der Waals surface area contributed by atoms with Gasteiger partial charge in [-0.05, 0) is 75.9 Å². The average molecular weight is 464 g/mol. The molecule has 34 heavy (non-hydrogen) atoms. The summed E-state index contributed by atoms with van der Waals surface area (Å²) >= 11 is 0. The number of pyridine rings is 1. The van der Waals surface area contributed by atoms with Gasteiger partial charge in [0, 0.05) is 43.1 Å². The highest BCUT2D eigenvalue weighted by molar-refractivity contribution is 5.93. The molecule has 0 spiro atoms. The number of methoxy groups -OCH3 is 1. The van der Waals surface area contributed by atoms with Crippen LogP contribution in [0.15, 0.2) is 42.7 Å². The molecule has 3 aromatic rings. The number of benzene rings is 1. The molecule has 2 aromatic heterocycles. The molecule has 1 aliphatic rings. The van der Waals surface area contributed by atoms with E-state index in [1.807, 2.05) is 20.8 Å². The van der Waals surface area contributed by atoms with Crippen LogP contribution in [0.2, 0.25) is 0 Å². The lowest BCUT2D eigenvalue weighted by molar-refractivity contribution is -0.117. The number of hydrogen-bond acceptors (Lipinski definition) is 6. The maximum atomic E-state index is 14.6. The largest absolute Gasteiger partial charge is 0.383 e. The first-order valence-electron chi connectivity index (χ1n) is 11.5. The summed E-state index contributed by atoms with van der Waals surface area (Å²) in [6, 6.07) is 8.66. The first-order chi connectivity index (χ1) is 16.3. The van der Waals surface area contributed by atoms with Crippen LogP contribution in [-0.2, 0) is 9.53 Å². The van der Waals surface area contributed by atoms with Crippen LogP contribution in [-0.4, -0.2) is 40.1 Å². The van der Waals surface area contributed by atoms with Crippen LogP contribution in [0, 0.1) is 18.7 Å². The van der Waals surface area contributed by atoms with Gasteiger partial charge in [0.25, 0.3) is 0 Å². The van der Waals surface area contributed by atoms with Gasteiger partial charge in [-0.3, -0.25) is 4.79 Å². The number of rotatable bonds is 9. The molecule has 0 radical (unpaired) electrons. The van der Waals surface area contributed by atoms with Gasteiger partial charge in [-0.15, -0.1) is 0 Å². The summed E-state index contributed by atoms with van der Waals surface area (Å²) in [5, 5.41) is 6.03. The van der Waals surface area contributed by atoms with Crippen molar-refractivity contribution in [1.82, 2.24) is 15.0 Å². The lowest BCUT2D eigenvalue weighted by Crippen LogP contribution is -2.25. The van der Waals surface area contributed by atoms with Crippen molar-refractivity contribution in [3.63, 3.8) is 0 Å². The van der Waals surface area contributed by atoms with E-state index >= 15 is 0 Å². The summed E-state index contributed by atoms with van der Waals surface area (Å²) in [4.78, 5) is 25.4. The minimum absolute atomic E-state index is 0.00447. The molecule has 4 rings (SSSR count). The third-order valence-corrected chi connectivity index (χ3v) is 6.06. The Balaban J connectivity index is 1.57. The Hall–Kier alpha value is -3.39. The molecule has 178 valence electrons. The predicted octanol–water partition coefficient (Wildman–Crippen LogP) is 5.23. The van der Waals surface area contributed by atoms with Crippen molar-refractivity contribution in [2.75, 3.05) is 24.3 Å². The number of carbonyl (C=O) groups excluding carboxylic acids is 1. The molecule has 0 saturated heterocycles. The maximum Gasteiger partial charge on any atom is 0.228 e. The van der Waals surface area contributed by atoms with Gasteiger partial charge in [0.2, 0.25) is 5.91 Å². The molecule has 0 bridgehead atoms. The van der Waals surface area contributed by atoms with Crippen LogP contribution >= 0.6 is 0 Å². The quantitative estimate of drug-likeness (QED) is 0.452. The molecule has 2 heterocycles. The molecule has 1 amide bonds. The van der Waals surface area contributed by atoms with Gasteiger partial charge in [-0.1, -0.05) is 0 Å². The Morgan fingerprint density at radius 3 is 2.68 bits per heavy atom. The second-order valence-electron chi connectivity index (χ2n) is 9.25. The van der Waals surface area contributed by atoms with E-state index < -0.39 is 0 Å². The maximum absolute atomic E-state index is 14.6. The van der Waals surface area contributed by atoms with E-state index in [1.54, 1.807) is 43.8 Å². The summed E-state index contributed by atoms with van der Waals surface area (Å²) in [6.45, 7) is 6.42. The van der Waals surface area contributed by atoms with E-state index in [-0.39, 0.29) is 23.2 Å². The Labute approximate surface area is 199 Å². The summed E-state index contributed by atoms with van der Waals surface area (Å²) in [6.07, 6.45) is 5.88. The van der Waals surface area contributed by atoms with E-state index in [0.29, 0.717) is 29.6 Å². The molecule has 1 fully saturated rings. The summed E-state index contributed by atoms with van der Waals surface area (Å²) in [5.41, 5.74) is 3.14. The minimum atomic E-state index is -0.309. The van der Waals surface area contributed by atoms with Gasteiger partial charge in [0.15, 0.2) is 5.82 Å². The van der Waals surface area contributed by atoms with Crippen LogP contribution in [0.1, 0.15) is 38.7 Å². The Kier molecular flexibility index (Phi) is 6.88. The molecule has 7 nitrogen and oxygen atoms in total. The fourth-order valence-corrected chi connectivity index (χ4v) is 3.54. The summed E-state index contributed by atoms with van der Waals surface area (Å²) in [7, 11) is 1.67. The summed E-state index contributed by atoms with van der Waals surface area (Å²) in [5.74, 6) is 0.759. The van der Waals surface area contributed by atoms with Gasteiger partial charge in [0.1, 0.15) is 11.6 Å². The fraction of sp³-hybridized carbons (Fsp3) is 0.385. The minimum Gasteiger partial charge on any atom is -0.383 e. The Bertz CT molecular complexity index is 1190. The van der Waals surface area contributed by atoms with Gasteiger partial charge in [-0.2, -0.15) is 0 Å². The number of ether oxygens (including phenoxy) is 1. The normalized spacial score (nSPS) is 13.6. The second kappa shape index (κ2) is 9.85. The van der Waals surface area contributed by atoms with Crippen molar-refractivity contribution >= 4 is 17.4 Å². The van der Waals surface area contributed by atoms with E-state index in [4.69, 9.17) is 9.72 Å². The third kappa shape index (κ3) is 5.75. The highest BCUT2D eigenvalue weighted by atomic mass is 19.1. The SMILES string of the molecule is COC(C)(C)CCNc1cc(-c2ccnc(-c3ccnc(NC(=O)C4CC4)c3)n2)c(C)cc1F. The topological polar surface area (TPSA) is 89.0 Å². The molecular formula is C26H30FN5O2. The number of aryl methyl sites for hydroxylation is 1. The van der Waals surface area contributed by atoms with E-state index in [2.05, 4.69) is 20.6 Å². The number of amides is 1. The lowest BCUT2D eigenvalue weighted by Gasteiger charge is -2.23. The van der Waals surface area contributed by atoms with E-state index in [0.717, 1.165) is 36.0 Å². The zero-order chi connectivity index (χ0) is 24.3. The lowest BCUT2D eigenvalue weighted by atomic mass is 10.0. The van der Waals surface area contributed by atoms with E-state index in [1.165, 1.54) is 6.07 Å². The molecular weight excluding hydrogens is 433 g/mol. The highest BCUT2D eigenvalue weighted by Gasteiger charge is 2.29. The standard InChI is InChI=1S/C26H30FN5O2/c1-16-13-20(27)22(28-12-9-26(2,3)34-4)15-19(16)21-8-11-30-24(31-21)18-7-10-29-23(14-18)32-25(33)17-5-6-17/h7-8,10-11,13-15,17,28H,5-6,9,12H2,1-4H3,(H,29,32,33). The number of anilines is 2. The van der Waals surface area contributed by atoms with Crippen LogP contribution in [0.3, 0.4) is 0 Å². The molecule has 8 heteroatoms. The zero-order valence-corrected chi connectivity index (χ0v) is 20.0. The van der Waals surface area contributed by atoms with Gasteiger partial charge >= 0.3 is 0 Å². The Morgan fingerprint density at radius 2 is 1.94 bits per heavy atom. The molecule has 1 saturated carbocycles. The molecule has 1 aromatic carbocycles. The van der Waals surface area contributed by atoms with Crippen molar-refractivity contribution in [1.29, 1.82) is 0 Å². The molecule has 0 atom stereocenters. The summed E-state index contributed by atoms with van der Waals surface area (Å²) < 4.78 is 20.1. The molecule has 0 aliphatic heterocycles. The number of aromatic nitrogens is 3. The molecule has 0 unspecified atom stereocenters. The zero-order valence-electron chi connectivity index (χ0n) is 20.0. The van der Waals surface area contributed by atoms with Crippen LogP contribution in [0.25, 0.3) is 22.6 Å². The van der Waals surface area contributed by atoms with Crippen molar-refractivity contribution in [3.05, 3.63) is 54.1 Å². The fourth-order valence-electron chi connectivity index (χ4n) is 3.54. The first-order valence-corrected chi connectivity index (χ1v) is 11.5. The predicted molar refractivity (Wildman–Crippen MR) is 131 cm³/mol. The molecule has 1 aliphatic carbocycles. The third-order valence-electron chi connectivity index (χ3n) is 6.06. The van der Waals surface area contributed by atoms with Gasteiger partial charge in [0.05, 0.1) is 17.0 Å². The van der Waals surface area contributed by atoms with E-state index in [9.17, 15) is 9.18 Å². The van der Waals surface area contributed by atoms with Crippen molar-refractivity contribution in [2.24, 2.45) is 5.92 Å². The second-order valence-corrected chi connectivity index (χ2v) is 9.25. The number of nitrogens with zero attached hydrogens (tertiary/aromatic N) is 3.